The number of likely N-dealkylation sites (tertiary alicyclic amines) is 1. The fourth-order valence-corrected chi connectivity index (χ4v) is 2.42. The molecule has 0 spiro atoms. The predicted molar refractivity (Wildman–Crippen MR) is 56.0 cm³/mol. The highest BCUT2D eigenvalue weighted by molar-refractivity contribution is 5.89. The van der Waals surface area contributed by atoms with E-state index < -0.39 is 23.2 Å². The molecule has 2 rings (SSSR count). The maximum absolute atomic E-state index is 11.8. The number of carboxylic acid groups (broad SMARTS) is 1. The Hall–Kier alpha value is -1.26. The zero-order valence-corrected chi connectivity index (χ0v) is 9.82. The summed E-state index contributed by atoms with van der Waals surface area (Å²) in [7, 11) is 0. The largest absolute Gasteiger partial charge is 0.479 e. The van der Waals surface area contributed by atoms with Crippen molar-refractivity contribution in [2.24, 2.45) is 5.92 Å². The van der Waals surface area contributed by atoms with Gasteiger partial charge in [-0.25, -0.2) is 9.59 Å². The lowest BCUT2D eigenvalue weighted by atomic mass is 10.2. The minimum atomic E-state index is -0.956. The Morgan fingerprint density at radius 1 is 1.44 bits per heavy atom. The van der Waals surface area contributed by atoms with E-state index in [1.165, 1.54) is 4.90 Å². The van der Waals surface area contributed by atoms with Gasteiger partial charge in [0.1, 0.15) is 11.1 Å². The predicted octanol–water partition coefficient (Wildman–Crippen LogP) is 1.47. The first-order valence-corrected chi connectivity index (χ1v) is 5.51. The molecule has 5 nitrogen and oxygen atoms in total. The fraction of sp³-hybridized carbons (Fsp3) is 0.818. The van der Waals surface area contributed by atoms with Gasteiger partial charge < -0.3 is 9.84 Å². The molecule has 2 aliphatic rings. The fourth-order valence-electron chi connectivity index (χ4n) is 2.42. The maximum atomic E-state index is 11.8. The standard InChI is InChI=1S/C11H17NO4/c1-10(2,3)16-9(15)12-5-4-7-6-11(7,12)8(13)14/h7H,4-6H2,1-3H3,(H,13,14)/t7-,11-/m1/s1. The number of amides is 1. The van der Waals surface area contributed by atoms with Gasteiger partial charge in [-0.1, -0.05) is 0 Å². The van der Waals surface area contributed by atoms with Gasteiger partial charge in [0.05, 0.1) is 0 Å². The van der Waals surface area contributed by atoms with Crippen molar-refractivity contribution >= 4 is 12.1 Å². The molecule has 0 aromatic heterocycles. The van der Waals surface area contributed by atoms with E-state index in [1.54, 1.807) is 20.8 Å². The summed E-state index contributed by atoms with van der Waals surface area (Å²) in [6.07, 6.45) is 0.836. The summed E-state index contributed by atoms with van der Waals surface area (Å²) in [5.74, 6) is -0.779. The first-order valence-electron chi connectivity index (χ1n) is 5.51. The second-order valence-electron chi connectivity index (χ2n) is 5.55. The second kappa shape index (κ2) is 3.12. The van der Waals surface area contributed by atoms with Gasteiger partial charge in [-0.2, -0.15) is 0 Å². The van der Waals surface area contributed by atoms with Crippen LogP contribution in [-0.2, 0) is 9.53 Å². The van der Waals surface area contributed by atoms with Crippen molar-refractivity contribution in [3.63, 3.8) is 0 Å². The van der Waals surface area contributed by atoms with Gasteiger partial charge in [0.25, 0.3) is 0 Å². The van der Waals surface area contributed by atoms with Crippen molar-refractivity contribution in [1.82, 2.24) is 4.90 Å². The molecule has 1 heterocycles. The van der Waals surface area contributed by atoms with Crippen LogP contribution in [0.15, 0.2) is 0 Å². The van der Waals surface area contributed by atoms with E-state index in [2.05, 4.69) is 0 Å². The molecule has 1 aliphatic carbocycles. The van der Waals surface area contributed by atoms with Gasteiger partial charge in [-0.05, 0) is 39.5 Å². The number of carbonyl (C=O) groups excluding carboxylic acids is 1. The van der Waals surface area contributed by atoms with E-state index >= 15 is 0 Å². The van der Waals surface area contributed by atoms with Gasteiger partial charge in [0.2, 0.25) is 0 Å². The van der Waals surface area contributed by atoms with Crippen molar-refractivity contribution in [3.8, 4) is 0 Å². The molecular formula is C11H17NO4. The monoisotopic (exact) mass is 227 g/mol. The molecule has 16 heavy (non-hydrogen) atoms. The lowest BCUT2D eigenvalue weighted by Crippen LogP contribution is -2.47. The van der Waals surface area contributed by atoms with Crippen LogP contribution in [0.2, 0.25) is 0 Å². The third kappa shape index (κ3) is 1.54. The van der Waals surface area contributed by atoms with Crippen LogP contribution in [0.1, 0.15) is 33.6 Å². The molecule has 0 aromatic carbocycles. The number of rotatable bonds is 1. The SMILES string of the molecule is CC(C)(C)OC(=O)N1CC[C@@H]2C[C@]21C(=O)O. The summed E-state index contributed by atoms with van der Waals surface area (Å²) in [5.41, 5.74) is -1.54. The van der Waals surface area contributed by atoms with Crippen molar-refractivity contribution in [2.45, 2.75) is 44.8 Å². The number of piperidine rings is 1. The Morgan fingerprint density at radius 3 is 2.50 bits per heavy atom. The summed E-state index contributed by atoms with van der Waals surface area (Å²) in [6.45, 7) is 5.82. The van der Waals surface area contributed by atoms with E-state index in [4.69, 9.17) is 4.74 Å². The van der Waals surface area contributed by atoms with E-state index in [0.29, 0.717) is 13.0 Å². The Labute approximate surface area is 94.4 Å². The molecule has 1 aliphatic heterocycles. The molecule has 0 unspecified atom stereocenters. The highest BCUT2D eigenvalue weighted by Gasteiger charge is 2.69. The molecule has 0 bridgehead atoms. The zero-order chi connectivity index (χ0) is 12.1. The maximum Gasteiger partial charge on any atom is 0.411 e. The van der Waals surface area contributed by atoms with Gasteiger partial charge in [0.15, 0.2) is 0 Å². The number of nitrogens with zero attached hydrogens (tertiary/aromatic N) is 1. The zero-order valence-electron chi connectivity index (χ0n) is 9.82. The molecule has 1 amide bonds. The highest BCUT2D eigenvalue weighted by atomic mass is 16.6. The van der Waals surface area contributed by atoms with E-state index in [0.717, 1.165) is 6.42 Å². The van der Waals surface area contributed by atoms with Gasteiger partial charge >= 0.3 is 12.1 Å². The number of hydrogen-bond acceptors (Lipinski definition) is 3. The van der Waals surface area contributed by atoms with E-state index in [-0.39, 0.29) is 5.92 Å². The average Bonchev–Trinajstić information content (AvgIpc) is 2.70. The molecule has 0 radical (unpaired) electrons. The number of ether oxygens (including phenoxy) is 1. The summed E-state index contributed by atoms with van der Waals surface area (Å²) < 4.78 is 5.22. The van der Waals surface area contributed by atoms with Gasteiger partial charge in [0, 0.05) is 6.54 Å². The summed E-state index contributed by atoms with van der Waals surface area (Å²) >= 11 is 0. The molecule has 2 atom stereocenters. The molecule has 0 aromatic rings. The summed E-state index contributed by atoms with van der Waals surface area (Å²) in [4.78, 5) is 24.4. The van der Waals surface area contributed by atoms with Crippen LogP contribution in [0.3, 0.4) is 0 Å². The Bertz CT molecular complexity index is 346. The number of hydrogen-bond donors (Lipinski definition) is 1. The molecular weight excluding hydrogens is 210 g/mol. The van der Waals surface area contributed by atoms with Crippen LogP contribution in [-0.4, -0.2) is 39.8 Å². The van der Waals surface area contributed by atoms with Gasteiger partial charge in [-0.15, -0.1) is 0 Å². The smallest absolute Gasteiger partial charge is 0.411 e. The third-order valence-electron chi connectivity index (χ3n) is 3.24. The molecule has 1 N–H and O–H groups in total. The third-order valence-corrected chi connectivity index (χ3v) is 3.24. The second-order valence-corrected chi connectivity index (χ2v) is 5.55. The highest BCUT2D eigenvalue weighted by Crippen LogP contribution is 2.56. The van der Waals surface area contributed by atoms with Crippen molar-refractivity contribution < 1.29 is 19.4 Å². The van der Waals surface area contributed by atoms with Crippen LogP contribution in [0.4, 0.5) is 4.79 Å². The topological polar surface area (TPSA) is 66.8 Å². The van der Waals surface area contributed by atoms with Crippen molar-refractivity contribution in [3.05, 3.63) is 0 Å². The first kappa shape index (κ1) is 11.2. The van der Waals surface area contributed by atoms with Crippen LogP contribution in [0, 0.1) is 5.92 Å². The summed E-state index contributed by atoms with van der Waals surface area (Å²) in [6, 6.07) is 0. The summed E-state index contributed by atoms with van der Waals surface area (Å²) in [5, 5.41) is 9.18. The Morgan fingerprint density at radius 2 is 2.06 bits per heavy atom. The van der Waals surface area contributed by atoms with Crippen LogP contribution in [0.5, 0.6) is 0 Å². The number of carbonyl (C=O) groups is 2. The van der Waals surface area contributed by atoms with Gasteiger partial charge in [-0.3, -0.25) is 4.90 Å². The van der Waals surface area contributed by atoms with Crippen molar-refractivity contribution in [2.75, 3.05) is 6.54 Å². The van der Waals surface area contributed by atoms with Crippen molar-refractivity contribution in [1.29, 1.82) is 0 Å². The Balaban J connectivity index is 2.11. The minimum Gasteiger partial charge on any atom is -0.479 e. The Kier molecular flexibility index (Phi) is 2.19. The average molecular weight is 227 g/mol. The van der Waals surface area contributed by atoms with Crippen LogP contribution >= 0.6 is 0 Å². The van der Waals surface area contributed by atoms with Crippen LogP contribution in [0.25, 0.3) is 0 Å². The number of carboxylic acids is 1. The number of fused-ring (bicyclic) bond motifs is 1. The molecule has 2 fully saturated rings. The molecule has 5 heteroatoms. The minimum absolute atomic E-state index is 0.123. The molecule has 90 valence electrons. The lowest BCUT2D eigenvalue weighted by molar-refractivity contribution is -0.144. The normalized spacial score (nSPS) is 32.2. The molecule has 1 saturated heterocycles. The number of aliphatic carboxylic acids is 1. The lowest BCUT2D eigenvalue weighted by Gasteiger charge is -2.28. The van der Waals surface area contributed by atoms with Crippen LogP contribution < -0.4 is 0 Å². The molecule has 1 saturated carbocycles. The van der Waals surface area contributed by atoms with E-state index in [9.17, 15) is 14.7 Å². The quantitative estimate of drug-likeness (QED) is 0.736. The van der Waals surface area contributed by atoms with E-state index in [1.807, 2.05) is 0 Å². The first-order chi connectivity index (χ1) is 7.27.